The highest BCUT2D eigenvalue weighted by molar-refractivity contribution is 5.79. The van der Waals surface area contributed by atoms with Crippen LogP contribution in [-0.2, 0) is 13.0 Å². The van der Waals surface area contributed by atoms with Gasteiger partial charge in [-0.1, -0.05) is 30.3 Å². The van der Waals surface area contributed by atoms with Gasteiger partial charge in [0.15, 0.2) is 5.96 Å². The molecule has 0 fully saturated rings. The third-order valence-electron chi connectivity index (χ3n) is 4.49. The van der Waals surface area contributed by atoms with Crippen LogP contribution in [0.15, 0.2) is 60.0 Å². The molecular formula is C21H26N6. The number of nitrogens with one attached hydrogen (secondary N) is 2. The Hall–Kier alpha value is -3.15. The first kappa shape index (κ1) is 18.6. The SMILES string of the molecule is CN=C(NCCc1ccncc1C)N(C)Cc1ncc(-c2ccccc2)[nH]1. The van der Waals surface area contributed by atoms with Gasteiger partial charge in [0.1, 0.15) is 5.82 Å². The van der Waals surface area contributed by atoms with Crippen LogP contribution in [0.3, 0.4) is 0 Å². The number of benzene rings is 1. The molecule has 0 aliphatic rings. The fraction of sp³-hybridized carbons (Fsp3) is 0.286. The van der Waals surface area contributed by atoms with Gasteiger partial charge in [0.25, 0.3) is 0 Å². The molecule has 0 spiro atoms. The number of aryl methyl sites for hydroxylation is 1. The quantitative estimate of drug-likeness (QED) is 0.522. The van der Waals surface area contributed by atoms with E-state index in [0.29, 0.717) is 6.54 Å². The summed E-state index contributed by atoms with van der Waals surface area (Å²) in [6.45, 7) is 3.56. The summed E-state index contributed by atoms with van der Waals surface area (Å²) in [4.78, 5) is 18.5. The number of aliphatic imine (C=N–C) groups is 1. The van der Waals surface area contributed by atoms with Crippen LogP contribution in [0.1, 0.15) is 17.0 Å². The molecule has 3 aromatic rings. The lowest BCUT2D eigenvalue weighted by Crippen LogP contribution is -2.39. The molecule has 1 aromatic carbocycles. The molecule has 2 N–H and O–H groups in total. The Bertz CT molecular complexity index is 884. The molecule has 3 rings (SSSR count). The number of aromatic nitrogens is 3. The van der Waals surface area contributed by atoms with Gasteiger partial charge in [-0.2, -0.15) is 0 Å². The second kappa shape index (κ2) is 8.98. The highest BCUT2D eigenvalue weighted by Crippen LogP contribution is 2.16. The number of guanidine groups is 1. The molecule has 0 aliphatic heterocycles. The molecule has 0 saturated carbocycles. The highest BCUT2D eigenvalue weighted by atomic mass is 15.3. The summed E-state index contributed by atoms with van der Waals surface area (Å²) in [6, 6.07) is 12.3. The largest absolute Gasteiger partial charge is 0.356 e. The van der Waals surface area contributed by atoms with E-state index in [1.54, 1.807) is 7.05 Å². The average molecular weight is 362 g/mol. The van der Waals surface area contributed by atoms with Gasteiger partial charge in [0, 0.05) is 33.0 Å². The second-order valence-corrected chi connectivity index (χ2v) is 6.49. The van der Waals surface area contributed by atoms with Gasteiger partial charge in [-0.25, -0.2) is 4.98 Å². The van der Waals surface area contributed by atoms with E-state index in [9.17, 15) is 0 Å². The Kier molecular flexibility index (Phi) is 6.20. The minimum Gasteiger partial charge on any atom is -0.356 e. The van der Waals surface area contributed by atoms with Crippen LogP contribution < -0.4 is 5.32 Å². The van der Waals surface area contributed by atoms with Crippen molar-refractivity contribution in [1.82, 2.24) is 25.2 Å². The molecule has 0 amide bonds. The van der Waals surface area contributed by atoms with Crippen molar-refractivity contribution in [1.29, 1.82) is 0 Å². The number of aromatic amines is 1. The summed E-state index contributed by atoms with van der Waals surface area (Å²) in [5.41, 5.74) is 4.67. The van der Waals surface area contributed by atoms with E-state index < -0.39 is 0 Å². The minimum absolute atomic E-state index is 0.654. The first-order valence-electron chi connectivity index (χ1n) is 9.08. The van der Waals surface area contributed by atoms with Gasteiger partial charge in [-0.3, -0.25) is 9.98 Å². The molecule has 0 atom stereocenters. The fourth-order valence-electron chi connectivity index (χ4n) is 2.98. The van der Waals surface area contributed by atoms with Gasteiger partial charge >= 0.3 is 0 Å². The van der Waals surface area contributed by atoms with Crippen LogP contribution in [-0.4, -0.2) is 46.5 Å². The molecule has 0 unspecified atom stereocenters. The van der Waals surface area contributed by atoms with Crippen LogP contribution in [0, 0.1) is 6.92 Å². The van der Waals surface area contributed by atoms with Gasteiger partial charge < -0.3 is 15.2 Å². The summed E-state index contributed by atoms with van der Waals surface area (Å²) >= 11 is 0. The molecule has 6 nitrogen and oxygen atoms in total. The van der Waals surface area contributed by atoms with Crippen LogP contribution in [0.5, 0.6) is 0 Å². The third kappa shape index (κ3) is 4.94. The third-order valence-corrected chi connectivity index (χ3v) is 4.49. The predicted molar refractivity (Wildman–Crippen MR) is 110 cm³/mol. The Labute approximate surface area is 160 Å². The molecule has 0 bridgehead atoms. The van der Waals surface area contributed by atoms with Crippen molar-refractivity contribution in [3.05, 3.63) is 71.9 Å². The fourth-order valence-corrected chi connectivity index (χ4v) is 2.98. The maximum atomic E-state index is 4.50. The van der Waals surface area contributed by atoms with Gasteiger partial charge in [-0.15, -0.1) is 0 Å². The van der Waals surface area contributed by atoms with Gasteiger partial charge in [-0.05, 0) is 36.1 Å². The van der Waals surface area contributed by atoms with Gasteiger partial charge in [0.2, 0.25) is 0 Å². The molecular weight excluding hydrogens is 336 g/mol. The molecule has 140 valence electrons. The molecule has 0 saturated heterocycles. The van der Waals surface area contributed by atoms with E-state index in [4.69, 9.17) is 0 Å². The number of hydrogen-bond acceptors (Lipinski definition) is 3. The predicted octanol–water partition coefficient (Wildman–Crippen LogP) is 3.03. The molecule has 27 heavy (non-hydrogen) atoms. The van der Waals surface area contributed by atoms with Crippen LogP contribution in [0.2, 0.25) is 0 Å². The lowest BCUT2D eigenvalue weighted by atomic mass is 10.1. The van der Waals surface area contributed by atoms with Crippen LogP contribution in [0.4, 0.5) is 0 Å². The monoisotopic (exact) mass is 362 g/mol. The number of rotatable bonds is 6. The Morgan fingerprint density at radius 2 is 2.00 bits per heavy atom. The van der Waals surface area contributed by atoms with E-state index in [1.165, 1.54) is 11.1 Å². The van der Waals surface area contributed by atoms with Crippen molar-refractivity contribution in [2.75, 3.05) is 20.6 Å². The molecule has 2 aromatic heterocycles. The Morgan fingerprint density at radius 1 is 1.19 bits per heavy atom. The number of pyridine rings is 1. The lowest BCUT2D eigenvalue weighted by Gasteiger charge is -2.21. The zero-order valence-corrected chi connectivity index (χ0v) is 16.1. The maximum Gasteiger partial charge on any atom is 0.193 e. The number of hydrogen-bond donors (Lipinski definition) is 2. The van der Waals surface area contributed by atoms with E-state index in [0.717, 1.165) is 36.0 Å². The summed E-state index contributed by atoms with van der Waals surface area (Å²) in [5, 5.41) is 3.42. The van der Waals surface area contributed by atoms with Crippen molar-refractivity contribution in [3.63, 3.8) is 0 Å². The standard InChI is InChI=1S/C21H26N6/c1-16-13-23-11-9-17(16)10-12-24-21(22-2)27(3)15-20-25-14-19(26-20)18-7-5-4-6-8-18/h4-9,11,13-14H,10,12,15H2,1-3H3,(H,22,24)(H,25,26). The Morgan fingerprint density at radius 3 is 2.74 bits per heavy atom. The molecule has 2 heterocycles. The zero-order chi connectivity index (χ0) is 19.1. The smallest absolute Gasteiger partial charge is 0.193 e. The second-order valence-electron chi connectivity index (χ2n) is 6.49. The van der Waals surface area contributed by atoms with E-state index in [-0.39, 0.29) is 0 Å². The molecule has 6 heteroatoms. The van der Waals surface area contributed by atoms with Gasteiger partial charge in [0.05, 0.1) is 18.4 Å². The van der Waals surface area contributed by atoms with Crippen molar-refractivity contribution < 1.29 is 0 Å². The van der Waals surface area contributed by atoms with E-state index in [2.05, 4.69) is 55.3 Å². The number of H-pyrrole nitrogens is 1. The summed E-state index contributed by atoms with van der Waals surface area (Å²) in [5.74, 6) is 1.75. The first-order valence-corrected chi connectivity index (χ1v) is 9.08. The van der Waals surface area contributed by atoms with E-state index in [1.807, 2.05) is 43.8 Å². The first-order chi connectivity index (χ1) is 13.2. The van der Waals surface area contributed by atoms with E-state index >= 15 is 0 Å². The average Bonchev–Trinajstić information content (AvgIpc) is 3.15. The minimum atomic E-state index is 0.654. The molecule has 0 aliphatic carbocycles. The van der Waals surface area contributed by atoms with Crippen LogP contribution in [0.25, 0.3) is 11.3 Å². The van der Waals surface area contributed by atoms with Crippen LogP contribution >= 0.6 is 0 Å². The summed E-state index contributed by atoms with van der Waals surface area (Å²) < 4.78 is 0. The van der Waals surface area contributed by atoms with Crippen molar-refractivity contribution in [2.45, 2.75) is 19.9 Å². The topological polar surface area (TPSA) is 69.2 Å². The lowest BCUT2D eigenvalue weighted by molar-refractivity contribution is 0.464. The van der Waals surface area contributed by atoms with Crippen molar-refractivity contribution in [3.8, 4) is 11.3 Å². The van der Waals surface area contributed by atoms with Crippen molar-refractivity contribution in [2.24, 2.45) is 4.99 Å². The molecule has 0 radical (unpaired) electrons. The zero-order valence-electron chi connectivity index (χ0n) is 16.1. The summed E-state index contributed by atoms with van der Waals surface area (Å²) in [7, 11) is 3.81. The highest BCUT2D eigenvalue weighted by Gasteiger charge is 2.10. The normalized spacial score (nSPS) is 11.4. The van der Waals surface area contributed by atoms with Crippen molar-refractivity contribution >= 4 is 5.96 Å². The Balaban J connectivity index is 1.55. The number of nitrogens with zero attached hydrogens (tertiary/aromatic N) is 4. The number of imidazole rings is 1. The maximum absolute atomic E-state index is 4.50. The summed E-state index contributed by atoms with van der Waals surface area (Å²) in [6.07, 6.45) is 6.54.